The van der Waals surface area contributed by atoms with Crippen molar-refractivity contribution < 1.29 is 4.74 Å². The first-order chi connectivity index (χ1) is 8.31. The number of likely N-dealkylation sites (N-methyl/N-ethyl adjacent to an activating group) is 1. The SMILES string of the molecule is CCOc1ccc2[nH]c3c(c2c1)CC(NC)C3. The zero-order valence-electron chi connectivity index (χ0n) is 10.3. The molecule has 3 nitrogen and oxygen atoms in total. The number of nitrogens with one attached hydrogen (secondary N) is 2. The van der Waals surface area contributed by atoms with E-state index in [1.165, 1.54) is 22.2 Å². The molecule has 2 N–H and O–H groups in total. The van der Waals surface area contributed by atoms with Gasteiger partial charge in [0.1, 0.15) is 5.75 Å². The minimum absolute atomic E-state index is 0.580. The van der Waals surface area contributed by atoms with Crippen molar-refractivity contribution >= 4 is 10.9 Å². The maximum atomic E-state index is 5.57. The van der Waals surface area contributed by atoms with Gasteiger partial charge in [0.05, 0.1) is 6.61 Å². The summed E-state index contributed by atoms with van der Waals surface area (Å²) in [6, 6.07) is 6.89. The first-order valence-corrected chi connectivity index (χ1v) is 6.25. The Bertz CT molecular complexity index is 544. The summed E-state index contributed by atoms with van der Waals surface area (Å²) >= 11 is 0. The number of aromatic nitrogens is 1. The molecule has 0 amide bonds. The lowest BCUT2D eigenvalue weighted by atomic mass is 10.1. The first-order valence-electron chi connectivity index (χ1n) is 6.25. The van der Waals surface area contributed by atoms with Gasteiger partial charge in [0, 0.05) is 29.1 Å². The summed E-state index contributed by atoms with van der Waals surface area (Å²) in [6.07, 6.45) is 2.21. The van der Waals surface area contributed by atoms with E-state index in [-0.39, 0.29) is 0 Å². The van der Waals surface area contributed by atoms with E-state index in [0.29, 0.717) is 6.04 Å². The summed E-state index contributed by atoms with van der Waals surface area (Å²) in [5.74, 6) is 0.967. The van der Waals surface area contributed by atoms with Crippen molar-refractivity contribution in [2.75, 3.05) is 13.7 Å². The van der Waals surface area contributed by atoms with Crippen LogP contribution in [-0.2, 0) is 12.8 Å². The van der Waals surface area contributed by atoms with Crippen LogP contribution in [0.2, 0.25) is 0 Å². The van der Waals surface area contributed by atoms with Crippen molar-refractivity contribution in [3.05, 3.63) is 29.5 Å². The van der Waals surface area contributed by atoms with Gasteiger partial charge < -0.3 is 15.0 Å². The molecular formula is C14H18N2O. The highest BCUT2D eigenvalue weighted by atomic mass is 16.5. The van der Waals surface area contributed by atoms with Crippen LogP contribution in [0.5, 0.6) is 5.75 Å². The Morgan fingerprint density at radius 1 is 1.41 bits per heavy atom. The number of hydrogen-bond donors (Lipinski definition) is 2. The molecule has 1 unspecified atom stereocenters. The van der Waals surface area contributed by atoms with Crippen LogP contribution in [0.4, 0.5) is 0 Å². The maximum Gasteiger partial charge on any atom is 0.120 e. The molecule has 3 heteroatoms. The number of benzene rings is 1. The largest absolute Gasteiger partial charge is 0.494 e. The molecular weight excluding hydrogens is 212 g/mol. The Kier molecular flexibility index (Phi) is 2.56. The van der Waals surface area contributed by atoms with Crippen LogP contribution in [-0.4, -0.2) is 24.7 Å². The van der Waals surface area contributed by atoms with E-state index in [1.54, 1.807) is 0 Å². The monoisotopic (exact) mass is 230 g/mol. The lowest BCUT2D eigenvalue weighted by Crippen LogP contribution is -2.25. The Morgan fingerprint density at radius 2 is 2.29 bits per heavy atom. The first kappa shape index (κ1) is 10.7. The van der Waals surface area contributed by atoms with Crippen molar-refractivity contribution in [2.24, 2.45) is 0 Å². The topological polar surface area (TPSA) is 37.0 Å². The Morgan fingerprint density at radius 3 is 3.06 bits per heavy atom. The fourth-order valence-corrected chi connectivity index (χ4v) is 2.72. The third-order valence-electron chi connectivity index (χ3n) is 3.59. The molecule has 1 atom stereocenters. The molecule has 1 heterocycles. The summed E-state index contributed by atoms with van der Waals surface area (Å²) in [6.45, 7) is 2.74. The predicted octanol–water partition coefficient (Wildman–Crippen LogP) is 2.25. The Labute approximate surface area is 101 Å². The third kappa shape index (κ3) is 1.71. The van der Waals surface area contributed by atoms with E-state index in [1.807, 2.05) is 20.0 Å². The number of rotatable bonds is 3. The van der Waals surface area contributed by atoms with Crippen LogP contribution < -0.4 is 10.1 Å². The van der Waals surface area contributed by atoms with Gasteiger partial charge in [0.15, 0.2) is 0 Å². The average molecular weight is 230 g/mol. The number of ether oxygens (including phenoxy) is 1. The molecule has 90 valence electrons. The number of fused-ring (bicyclic) bond motifs is 3. The normalized spacial score (nSPS) is 18.6. The molecule has 1 aliphatic rings. The van der Waals surface area contributed by atoms with Crippen molar-refractivity contribution in [2.45, 2.75) is 25.8 Å². The van der Waals surface area contributed by atoms with Crippen molar-refractivity contribution in [3.63, 3.8) is 0 Å². The van der Waals surface area contributed by atoms with Crippen molar-refractivity contribution in [1.29, 1.82) is 0 Å². The summed E-state index contributed by atoms with van der Waals surface area (Å²) in [4.78, 5) is 3.51. The van der Waals surface area contributed by atoms with Crippen LogP contribution in [0, 0.1) is 0 Å². The lowest BCUT2D eigenvalue weighted by molar-refractivity contribution is 0.340. The quantitative estimate of drug-likeness (QED) is 0.848. The zero-order chi connectivity index (χ0) is 11.8. The van der Waals surface area contributed by atoms with Crippen LogP contribution >= 0.6 is 0 Å². The van der Waals surface area contributed by atoms with E-state index in [4.69, 9.17) is 4.74 Å². The van der Waals surface area contributed by atoms with Gasteiger partial charge in [-0.3, -0.25) is 0 Å². The van der Waals surface area contributed by atoms with Gasteiger partial charge in [-0.2, -0.15) is 0 Å². The fourth-order valence-electron chi connectivity index (χ4n) is 2.72. The van der Waals surface area contributed by atoms with Gasteiger partial charge in [-0.15, -0.1) is 0 Å². The van der Waals surface area contributed by atoms with E-state index in [0.717, 1.165) is 25.2 Å². The van der Waals surface area contributed by atoms with E-state index < -0.39 is 0 Å². The average Bonchev–Trinajstić information content (AvgIpc) is 2.86. The molecule has 1 aromatic carbocycles. The minimum atomic E-state index is 0.580. The smallest absolute Gasteiger partial charge is 0.120 e. The van der Waals surface area contributed by atoms with Crippen LogP contribution in [0.1, 0.15) is 18.2 Å². The fraction of sp³-hybridized carbons (Fsp3) is 0.429. The van der Waals surface area contributed by atoms with Gasteiger partial charge in [0.25, 0.3) is 0 Å². The number of H-pyrrole nitrogens is 1. The highest BCUT2D eigenvalue weighted by Crippen LogP contribution is 2.32. The molecule has 0 spiro atoms. The molecule has 0 radical (unpaired) electrons. The molecule has 2 aromatic rings. The third-order valence-corrected chi connectivity index (χ3v) is 3.59. The molecule has 3 rings (SSSR count). The van der Waals surface area contributed by atoms with Gasteiger partial charge in [-0.25, -0.2) is 0 Å². The second-order valence-electron chi connectivity index (χ2n) is 4.62. The summed E-state index contributed by atoms with van der Waals surface area (Å²) in [5.41, 5.74) is 4.07. The molecule has 0 aliphatic heterocycles. The standard InChI is InChI=1S/C14H18N2O/c1-3-17-10-4-5-13-12(8-10)11-6-9(15-2)7-14(11)16-13/h4-5,8-9,15-16H,3,6-7H2,1-2H3. The second-order valence-corrected chi connectivity index (χ2v) is 4.62. The Hall–Kier alpha value is -1.48. The second kappa shape index (κ2) is 4.08. The highest BCUT2D eigenvalue weighted by molar-refractivity contribution is 5.86. The van der Waals surface area contributed by atoms with Gasteiger partial charge in [-0.05, 0) is 44.2 Å². The summed E-state index contributed by atoms with van der Waals surface area (Å²) < 4.78 is 5.57. The van der Waals surface area contributed by atoms with Gasteiger partial charge in [0.2, 0.25) is 0 Å². The van der Waals surface area contributed by atoms with Crippen LogP contribution in [0.25, 0.3) is 10.9 Å². The molecule has 1 aliphatic carbocycles. The molecule has 0 saturated heterocycles. The molecule has 0 saturated carbocycles. The van der Waals surface area contributed by atoms with E-state index >= 15 is 0 Å². The van der Waals surface area contributed by atoms with E-state index in [9.17, 15) is 0 Å². The molecule has 17 heavy (non-hydrogen) atoms. The predicted molar refractivity (Wildman–Crippen MR) is 69.7 cm³/mol. The minimum Gasteiger partial charge on any atom is -0.494 e. The van der Waals surface area contributed by atoms with Crippen LogP contribution in [0.15, 0.2) is 18.2 Å². The zero-order valence-corrected chi connectivity index (χ0v) is 10.3. The molecule has 0 bridgehead atoms. The molecule has 1 aromatic heterocycles. The maximum absolute atomic E-state index is 5.57. The summed E-state index contributed by atoms with van der Waals surface area (Å²) in [5, 5.41) is 4.67. The lowest BCUT2D eigenvalue weighted by Gasteiger charge is -2.07. The van der Waals surface area contributed by atoms with Crippen molar-refractivity contribution in [1.82, 2.24) is 10.3 Å². The highest BCUT2D eigenvalue weighted by Gasteiger charge is 2.24. The summed E-state index contributed by atoms with van der Waals surface area (Å²) in [7, 11) is 2.03. The number of hydrogen-bond acceptors (Lipinski definition) is 2. The van der Waals surface area contributed by atoms with E-state index in [2.05, 4.69) is 22.4 Å². The number of aromatic amines is 1. The van der Waals surface area contributed by atoms with Gasteiger partial charge >= 0.3 is 0 Å². The van der Waals surface area contributed by atoms with Gasteiger partial charge in [-0.1, -0.05) is 0 Å². The van der Waals surface area contributed by atoms with Crippen molar-refractivity contribution in [3.8, 4) is 5.75 Å². The molecule has 0 fully saturated rings. The van der Waals surface area contributed by atoms with Crippen LogP contribution in [0.3, 0.4) is 0 Å². The Balaban J connectivity index is 2.04.